The Morgan fingerprint density at radius 2 is 1.29 bits per heavy atom. The number of hydrogen-bond donors (Lipinski definition) is 0. The molecule has 0 spiro atoms. The van der Waals surface area contributed by atoms with Gasteiger partial charge in [0, 0.05) is 17.2 Å². The molecule has 0 fully saturated rings. The summed E-state index contributed by atoms with van der Waals surface area (Å²) >= 11 is 0. The van der Waals surface area contributed by atoms with Crippen LogP contribution in [-0.2, 0) is 25.7 Å². The number of aryl methyl sites for hydroxylation is 2. The van der Waals surface area contributed by atoms with E-state index < -0.39 is 0 Å². The smallest absolute Gasteiger partial charge is 0.0991 e. The predicted octanol–water partition coefficient (Wildman–Crippen LogP) is 12.3. The fourth-order valence-corrected chi connectivity index (χ4v) is 7.92. The van der Waals surface area contributed by atoms with Crippen molar-refractivity contribution in [2.45, 2.75) is 38.5 Å². The molecule has 6 aromatic carbocycles. The fourth-order valence-electron chi connectivity index (χ4n) is 7.92. The van der Waals surface area contributed by atoms with Gasteiger partial charge in [0.25, 0.3) is 0 Å². The van der Waals surface area contributed by atoms with Crippen LogP contribution < -0.4 is 0 Å². The number of hydrogen-bond acceptors (Lipinski definition) is 1. The number of benzene rings is 6. The van der Waals surface area contributed by atoms with Crippen LogP contribution in [0, 0.1) is 11.3 Å². The molecule has 0 bridgehead atoms. The van der Waals surface area contributed by atoms with E-state index in [1.165, 1.54) is 72.2 Å². The molecule has 246 valence electrons. The molecule has 1 heterocycles. The summed E-state index contributed by atoms with van der Waals surface area (Å²) in [6, 6.07) is 46.7. The molecule has 2 nitrogen and oxygen atoms in total. The Labute approximate surface area is 301 Å². The highest BCUT2D eigenvalue weighted by Gasteiger charge is 2.24. The van der Waals surface area contributed by atoms with E-state index in [9.17, 15) is 5.26 Å². The van der Waals surface area contributed by atoms with Gasteiger partial charge in [-0.25, -0.2) is 0 Å². The third kappa shape index (κ3) is 6.02. The van der Waals surface area contributed by atoms with E-state index in [4.69, 9.17) is 0 Å². The average molecular weight is 657 g/mol. The first-order valence-corrected chi connectivity index (χ1v) is 17.9. The highest BCUT2D eigenvalue weighted by molar-refractivity contribution is 6.10. The third-order valence-electron chi connectivity index (χ3n) is 10.4. The molecule has 0 radical (unpaired) electrons. The van der Waals surface area contributed by atoms with Crippen LogP contribution in [0.1, 0.15) is 51.8 Å². The Hall–Kier alpha value is -6.17. The second-order valence-electron chi connectivity index (χ2n) is 13.5. The number of nitrogens with zero attached hydrogens (tertiary/aromatic N) is 2. The largest absolute Gasteiger partial charge is 0.309 e. The predicted molar refractivity (Wildman–Crippen MR) is 215 cm³/mol. The van der Waals surface area contributed by atoms with Crippen molar-refractivity contribution in [3.05, 3.63) is 198 Å². The first kappa shape index (κ1) is 32.1. The van der Waals surface area contributed by atoms with Crippen molar-refractivity contribution in [1.29, 1.82) is 5.26 Å². The van der Waals surface area contributed by atoms with Gasteiger partial charge in [-0.3, -0.25) is 0 Å². The summed E-state index contributed by atoms with van der Waals surface area (Å²) in [7, 11) is 0. The number of unbranched alkanes of at least 4 members (excludes halogenated alkanes) is 1. The lowest BCUT2D eigenvalue weighted by molar-refractivity contribution is 0.959. The van der Waals surface area contributed by atoms with Crippen LogP contribution >= 0.6 is 0 Å². The molecular formula is C49H40N2. The molecule has 0 saturated heterocycles. The highest BCUT2D eigenvalue weighted by atomic mass is 15.0. The first-order chi connectivity index (χ1) is 25.2. The van der Waals surface area contributed by atoms with E-state index in [1.54, 1.807) is 6.08 Å². The van der Waals surface area contributed by atoms with Gasteiger partial charge in [0.1, 0.15) is 0 Å². The molecule has 0 amide bonds. The van der Waals surface area contributed by atoms with E-state index >= 15 is 0 Å². The van der Waals surface area contributed by atoms with Crippen LogP contribution in [0.25, 0.3) is 49.7 Å². The van der Waals surface area contributed by atoms with Gasteiger partial charge in [-0.1, -0.05) is 122 Å². The van der Waals surface area contributed by atoms with Gasteiger partial charge in [0.2, 0.25) is 0 Å². The van der Waals surface area contributed by atoms with Crippen molar-refractivity contribution in [3.8, 4) is 34.0 Å². The molecule has 0 N–H and O–H groups in total. The third-order valence-corrected chi connectivity index (χ3v) is 10.4. The summed E-state index contributed by atoms with van der Waals surface area (Å²) in [5.74, 6) is 0. The zero-order chi connectivity index (χ0) is 34.7. The molecule has 0 aliphatic heterocycles. The maximum absolute atomic E-state index is 9.56. The van der Waals surface area contributed by atoms with Crippen molar-refractivity contribution >= 4 is 21.8 Å². The van der Waals surface area contributed by atoms with E-state index in [-0.39, 0.29) is 0 Å². The van der Waals surface area contributed by atoms with E-state index in [1.807, 2.05) is 24.3 Å². The number of para-hydroxylation sites is 1. The second-order valence-corrected chi connectivity index (χ2v) is 13.5. The quantitative estimate of drug-likeness (QED) is 0.0909. The van der Waals surface area contributed by atoms with Gasteiger partial charge >= 0.3 is 0 Å². The molecule has 51 heavy (non-hydrogen) atoms. The summed E-state index contributed by atoms with van der Waals surface area (Å²) in [6.45, 7) is 7.14. The van der Waals surface area contributed by atoms with Gasteiger partial charge in [-0.05, 0) is 118 Å². The lowest BCUT2D eigenvalue weighted by Gasteiger charge is -2.13. The Kier molecular flexibility index (Phi) is 8.79. The van der Waals surface area contributed by atoms with Crippen LogP contribution in [0.4, 0.5) is 0 Å². The van der Waals surface area contributed by atoms with Crippen LogP contribution in [0.3, 0.4) is 0 Å². The molecule has 0 saturated carbocycles. The molecule has 2 aliphatic rings. The van der Waals surface area contributed by atoms with Crippen molar-refractivity contribution in [2.75, 3.05) is 0 Å². The van der Waals surface area contributed by atoms with E-state index in [2.05, 4.69) is 139 Å². The second kappa shape index (κ2) is 14.0. The SMILES string of the molecule is C=C/C=C\CCC=C.N#Cc1ccc2c(c1)c1ccccc1n2-c1cccc2c1Cc1ccc(CCc3ccc4c(c3)-c3ccccc3C4)cc1-2. The molecule has 0 unspecified atom stereocenters. The van der Waals surface area contributed by atoms with Gasteiger partial charge in [0.15, 0.2) is 0 Å². The number of fused-ring (bicyclic) bond motifs is 9. The summed E-state index contributed by atoms with van der Waals surface area (Å²) < 4.78 is 2.39. The minimum atomic E-state index is 0.693. The zero-order valence-corrected chi connectivity index (χ0v) is 28.9. The Morgan fingerprint density at radius 1 is 0.608 bits per heavy atom. The topological polar surface area (TPSA) is 28.7 Å². The maximum Gasteiger partial charge on any atom is 0.0991 e. The van der Waals surface area contributed by atoms with Crippen molar-refractivity contribution in [1.82, 2.24) is 4.57 Å². The number of rotatable bonds is 8. The van der Waals surface area contributed by atoms with Crippen molar-refractivity contribution < 1.29 is 0 Å². The molecule has 0 atom stereocenters. The Balaban J connectivity index is 0.000000421. The number of nitriles is 1. The van der Waals surface area contributed by atoms with Gasteiger partial charge in [-0.15, -0.1) is 6.58 Å². The highest BCUT2D eigenvalue weighted by Crippen LogP contribution is 2.43. The van der Waals surface area contributed by atoms with Crippen molar-refractivity contribution in [3.63, 3.8) is 0 Å². The fraction of sp³-hybridized carbons (Fsp3) is 0.122. The maximum atomic E-state index is 9.56. The number of allylic oxidation sites excluding steroid dienone is 4. The van der Waals surface area contributed by atoms with E-state index in [0.717, 1.165) is 49.4 Å². The molecule has 2 aliphatic carbocycles. The molecule has 7 aromatic rings. The van der Waals surface area contributed by atoms with Crippen LogP contribution in [0.5, 0.6) is 0 Å². The lowest BCUT2D eigenvalue weighted by atomic mass is 9.96. The normalized spacial score (nSPS) is 12.1. The summed E-state index contributed by atoms with van der Waals surface area (Å²) in [5.41, 5.74) is 18.2. The standard InChI is InChI=1S/C41H28N2.C8H12/c42-25-28-16-19-41-37(22-28)34-8-3-4-10-39(34)43(41)40-11-5-9-33-36-21-27(15-18-31(36)24-38(33)40)13-12-26-14-17-30-23-29-6-1-2-7-32(29)35(30)20-26;1-3-5-7-8-6-4-2/h1-11,14-22H,12-13,23-24H2;3-5,7H,1-2,6,8H2/b;7-5-. The summed E-state index contributed by atoms with van der Waals surface area (Å²) in [4.78, 5) is 0. The van der Waals surface area contributed by atoms with Gasteiger partial charge < -0.3 is 4.57 Å². The van der Waals surface area contributed by atoms with Gasteiger partial charge in [0.05, 0.1) is 28.4 Å². The molecule has 9 rings (SSSR count). The van der Waals surface area contributed by atoms with Crippen LogP contribution in [0.2, 0.25) is 0 Å². The molecular weight excluding hydrogens is 617 g/mol. The van der Waals surface area contributed by atoms with E-state index in [0.29, 0.717) is 5.56 Å². The minimum Gasteiger partial charge on any atom is -0.309 e. The van der Waals surface area contributed by atoms with Gasteiger partial charge in [-0.2, -0.15) is 5.26 Å². The van der Waals surface area contributed by atoms with Crippen LogP contribution in [0.15, 0.2) is 159 Å². The lowest BCUT2D eigenvalue weighted by Crippen LogP contribution is -1.99. The first-order valence-electron chi connectivity index (χ1n) is 17.9. The number of aromatic nitrogens is 1. The van der Waals surface area contributed by atoms with Crippen LogP contribution in [-0.4, -0.2) is 4.57 Å². The Bertz CT molecular complexity index is 2530. The average Bonchev–Trinajstić information content (AvgIpc) is 3.85. The molecule has 1 aromatic heterocycles. The van der Waals surface area contributed by atoms with Crippen molar-refractivity contribution in [2.24, 2.45) is 0 Å². The molecule has 2 heteroatoms. The zero-order valence-electron chi connectivity index (χ0n) is 28.9. The monoisotopic (exact) mass is 656 g/mol. The Morgan fingerprint density at radius 3 is 2.08 bits per heavy atom. The summed E-state index contributed by atoms with van der Waals surface area (Å²) in [5, 5.41) is 11.9. The summed E-state index contributed by atoms with van der Waals surface area (Å²) in [6.07, 6.45) is 13.9. The minimum absolute atomic E-state index is 0.693.